The van der Waals surface area contributed by atoms with Crippen LogP contribution in [0, 0.1) is 12.3 Å². The molecule has 12 heavy (non-hydrogen) atoms. The number of halogens is 1. The molecule has 0 aliphatic rings. The smallest absolute Gasteiger partial charge is 0.337 e. The molecule has 1 aromatic carbocycles. The van der Waals surface area contributed by atoms with Crippen LogP contribution in [0.25, 0.3) is 0 Å². The number of hydrogen-bond donors (Lipinski definition) is 1. The van der Waals surface area contributed by atoms with Gasteiger partial charge in [-0.25, -0.2) is 4.79 Å². The van der Waals surface area contributed by atoms with Gasteiger partial charge < -0.3 is 5.11 Å². The van der Waals surface area contributed by atoms with Crippen LogP contribution < -0.4 is 0 Å². The number of hydrogen-bond acceptors (Lipinski definition) is 1. The van der Waals surface area contributed by atoms with Crippen LogP contribution in [0.1, 0.15) is 15.9 Å². The van der Waals surface area contributed by atoms with E-state index in [-0.39, 0.29) is 10.6 Å². The maximum absolute atomic E-state index is 10.5. The molecular weight excluding hydrogens is 176 g/mol. The van der Waals surface area contributed by atoms with Crippen molar-refractivity contribution in [1.29, 1.82) is 0 Å². The Morgan fingerprint density at radius 1 is 1.58 bits per heavy atom. The van der Waals surface area contributed by atoms with Crippen molar-refractivity contribution in [1.82, 2.24) is 0 Å². The highest BCUT2D eigenvalue weighted by Gasteiger charge is 2.07. The second kappa shape index (κ2) is 3.29. The Bertz CT molecular complexity index is 363. The molecule has 0 saturated heterocycles. The summed E-state index contributed by atoms with van der Waals surface area (Å²) in [4.78, 5) is 10.5. The van der Waals surface area contributed by atoms with Crippen LogP contribution in [0.4, 0.5) is 0 Å². The Balaban J connectivity index is 3.23. The van der Waals surface area contributed by atoms with E-state index in [0.29, 0.717) is 5.56 Å². The van der Waals surface area contributed by atoms with Crippen molar-refractivity contribution >= 4 is 17.6 Å². The summed E-state index contributed by atoms with van der Waals surface area (Å²) in [5.74, 6) is 1.30. The minimum absolute atomic E-state index is 0.0654. The highest BCUT2D eigenvalue weighted by Crippen LogP contribution is 2.17. The highest BCUT2D eigenvalue weighted by molar-refractivity contribution is 6.33. The predicted molar refractivity (Wildman–Crippen MR) is 46.3 cm³/mol. The fourth-order valence-corrected chi connectivity index (χ4v) is 1.04. The molecule has 0 aliphatic heterocycles. The Morgan fingerprint density at radius 2 is 2.25 bits per heavy atom. The van der Waals surface area contributed by atoms with Crippen LogP contribution in [0.2, 0.25) is 5.02 Å². The van der Waals surface area contributed by atoms with E-state index in [4.69, 9.17) is 23.1 Å². The number of benzene rings is 1. The van der Waals surface area contributed by atoms with E-state index >= 15 is 0 Å². The molecule has 0 fully saturated rings. The summed E-state index contributed by atoms with van der Waals surface area (Å²) in [6.07, 6.45) is 5.09. The van der Waals surface area contributed by atoms with Gasteiger partial charge >= 0.3 is 5.97 Å². The quantitative estimate of drug-likeness (QED) is 0.672. The molecule has 1 aromatic rings. The molecule has 0 atom stereocenters. The zero-order valence-corrected chi connectivity index (χ0v) is 6.80. The van der Waals surface area contributed by atoms with Gasteiger partial charge in [-0.1, -0.05) is 17.5 Å². The normalized spacial score (nSPS) is 9.00. The van der Waals surface area contributed by atoms with E-state index in [2.05, 4.69) is 5.92 Å². The van der Waals surface area contributed by atoms with Gasteiger partial charge in [-0.2, -0.15) is 0 Å². The van der Waals surface area contributed by atoms with Gasteiger partial charge in [-0.05, 0) is 18.2 Å². The minimum Gasteiger partial charge on any atom is -0.478 e. The molecule has 0 spiro atoms. The van der Waals surface area contributed by atoms with E-state index in [1.54, 1.807) is 0 Å². The monoisotopic (exact) mass is 180 g/mol. The Hall–Kier alpha value is -1.46. The first-order chi connectivity index (χ1) is 5.65. The van der Waals surface area contributed by atoms with Crippen molar-refractivity contribution in [2.75, 3.05) is 0 Å². The van der Waals surface area contributed by atoms with Crippen LogP contribution in [0.3, 0.4) is 0 Å². The number of terminal acetylenes is 1. The topological polar surface area (TPSA) is 37.3 Å². The van der Waals surface area contributed by atoms with Crippen molar-refractivity contribution in [2.24, 2.45) is 0 Å². The number of carboxylic acids is 1. The van der Waals surface area contributed by atoms with Crippen LogP contribution in [-0.2, 0) is 0 Å². The average Bonchev–Trinajstić information content (AvgIpc) is 2.03. The van der Waals surface area contributed by atoms with E-state index in [9.17, 15) is 4.79 Å². The number of rotatable bonds is 1. The predicted octanol–water partition coefficient (Wildman–Crippen LogP) is 2.02. The van der Waals surface area contributed by atoms with Crippen LogP contribution in [-0.4, -0.2) is 11.1 Å². The molecule has 0 unspecified atom stereocenters. The lowest BCUT2D eigenvalue weighted by molar-refractivity contribution is 0.0697. The molecule has 60 valence electrons. The Labute approximate surface area is 74.8 Å². The van der Waals surface area contributed by atoms with Gasteiger partial charge in [0, 0.05) is 5.56 Å². The summed E-state index contributed by atoms with van der Waals surface area (Å²) in [7, 11) is 0. The van der Waals surface area contributed by atoms with Gasteiger partial charge in [0.25, 0.3) is 0 Å². The third kappa shape index (κ3) is 1.58. The second-order valence-electron chi connectivity index (χ2n) is 2.14. The van der Waals surface area contributed by atoms with Crippen LogP contribution >= 0.6 is 11.6 Å². The fraction of sp³-hybridized carbons (Fsp3) is 0. The molecule has 0 aromatic heterocycles. The summed E-state index contributed by atoms with van der Waals surface area (Å²) in [5.41, 5.74) is 0.640. The molecule has 0 aliphatic carbocycles. The van der Waals surface area contributed by atoms with Gasteiger partial charge in [-0.3, -0.25) is 0 Å². The summed E-state index contributed by atoms with van der Waals surface area (Å²) >= 11 is 5.63. The zero-order valence-electron chi connectivity index (χ0n) is 6.04. The third-order valence-electron chi connectivity index (χ3n) is 1.37. The largest absolute Gasteiger partial charge is 0.478 e. The van der Waals surface area contributed by atoms with Crippen molar-refractivity contribution in [3.63, 3.8) is 0 Å². The summed E-state index contributed by atoms with van der Waals surface area (Å²) < 4.78 is 0. The van der Waals surface area contributed by atoms with Crippen LogP contribution in [0.5, 0.6) is 0 Å². The maximum atomic E-state index is 10.5. The SMILES string of the molecule is C#Cc1ccc(C(=O)O)c(Cl)c1. The lowest BCUT2D eigenvalue weighted by atomic mass is 10.1. The summed E-state index contributed by atoms with van der Waals surface area (Å²) in [5, 5.41) is 8.76. The molecule has 1 N–H and O–H groups in total. The van der Waals surface area contributed by atoms with Crippen molar-refractivity contribution in [3.05, 3.63) is 34.3 Å². The third-order valence-corrected chi connectivity index (χ3v) is 1.68. The first-order valence-corrected chi connectivity index (χ1v) is 3.52. The van der Waals surface area contributed by atoms with E-state index < -0.39 is 5.97 Å². The van der Waals surface area contributed by atoms with E-state index in [1.807, 2.05) is 0 Å². The first-order valence-electron chi connectivity index (χ1n) is 3.14. The first kappa shape index (κ1) is 8.63. The number of aromatic carboxylic acids is 1. The van der Waals surface area contributed by atoms with Gasteiger partial charge in [0.05, 0.1) is 10.6 Å². The number of carboxylic acid groups (broad SMARTS) is 1. The lowest BCUT2D eigenvalue weighted by Crippen LogP contribution is -1.96. The maximum Gasteiger partial charge on any atom is 0.337 e. The molecule has 0 heterocycles. The van der Waals surface area contributed by atoms with Crippen LogP contribution in [0.15, 0.2) is 18.2 Å². The highest BCUT2D eigenvalue weighted by atomic mass is 35.5. The molecule has 3 heteroatoms. The molecule has 0 bridgehead atoms. The molecule has 1 rings (SSSR count). The zero-order chi connectivity index (χ0) is 9.14. The van der Waals surface area contributed by atoms with Crippen molar-refractivity contribution < 1.29 is 9.90 Å². The van der Waals surface area contributed by atoms with Gasteiger partial charge in [-0.15, -0.1) is 6.42 Å². The molecule has 0 amide bonds. The fourth-order valence-electron chi connectivity index (χ4n) is 0.778. The Morgan fingerprint density at radius 3 is 2.67 bits per heavy atom. The summed E-state index contributed by atoms with van der Waals surface area (Å²) in [6.45, 7) is 0. The molecule has 0 saturated carbocycles. The molecular formula is C9H5ClO2. The number of carbonyl (C=O) groups is 1. The van der Waals surface area contributed by atoms with E-state index in [0.717, 1.165) is 0 Å². The second-order valence-corrected chi connectivity index (χ2v) is 2.55. The molecule has 2 nitrogen and oxygen atoms in total. The van der Waals surface area contributed by atoms with Gasteiger partial charge in [0.2, 0.25) is 0 Å². The average molecular weight is 181 g/mol. The summed E-state index contributed by atoms with van der Waals surface area (Å²) in [6, 6.07) is 4.38. The molecule has 0 radical (unpaired) electrons. The minimum atomic E-state index is -1.05. The lowest BCUT2D eigenvalue weighted by Gasteiger charge is -1.97. The van der Waals surface area contributed by atoms with Crippen molar-refractivity contribution in [2.45, 2.75) is 0 Å². The van der Waals surface area contributed by atoms with Gasteiger partial charge in [0.1, 0.15) is 0 Å². The van der Waals surface area contributed by atoms with Gasteiger partial charge in [0.15, 0.2) is 0 Å². The van der Waals surface area contributed by atoms with Crippen molar-refractivity contribution in [3.8, 4) is 12.3 Å². The standard InChI is InChI=1S/C9H5ClO2/c1-2-6-3-4-7(9(11)12)8(10)5-6/h1,3-5H,(H,11,12). The van der Waals surface area contributed by atoms with E-state index in [1.165, 1.54) is 18.2 Å². The Kier molecular flexibility index (Phi) is 2.37.